The largest absolute Gasteiger partial charge is 0.285 e. The Balaban J connectivity index is 3.42. The van der Waals surface area contributed by atoms with E-state index in [2.05, 4.69) is 6.92 Å². The lowest BCUT2D eigenvalue weighted by Gasteiger charge is -2.20. The fourth-order valence-corrected chi connectivity index (χ4v) is 2.57. The molecular weight excluding hydrogens is 260 g/mol. The monoisotopic (exact) mass is 292 g/mol. The lowest BCUT2D eigenvalue weighted by molar-refractivity contribution is 0.422. The molecule has 116 valence electrons. The summed E-state index contributed by atoms with van der Waals surface area (Å²) in [5, 5.41) is 0. The van der Waals surface area contributed by atoms with E-state index in [-0.39, 0.29) is 0 Å². The Bertz CT molecular complexity index is 307. The smallest absolute Gasteiger partial charge is 0.270 e. The molecule has 0 aromatic carbocycles. The van der Waals surface area contributed by atoms with Gasteiger partial charge in [0.1, 0.15) is 0 Å². The lowest BCUT2D eigenvalue weighted by Crippen LogP contribution is -2.31. The second-order valence-electron chi connectivity index (χ2n) is 6.17. The number of rotatable bonds is 12. The molecule has 0 spiro atoms. The Morgan fingerprint density at radius 1 is 0.789 bits per heavy atom. The summed E-state index contributed by atoms with van der Waals surface area (Å²) in [6, 6.07) is 0. The first-order valence-corrected chi connectivity index (χ1v) is 9.22. The van der Waals surface area contributed by atoms with Crippen molar-refractivity contribution in [3.8, 4) is 0 Å². The van der Waals surface area contributed by atoms with Crippen LogP contribution in [-0.2, 0) is 10.1 Å². The van der Waals surface area contributed by atoms with Crippen LogP contribution in [0, 0.1) is 0 Å². The van der Waals surface area contributed by atoms with Crippen molar-refractivity contribution < 1.29 is 13.0 Å². The highest BCUT2D eigenvalue weighted by molar-refractivity contribution is 7.87. The zero-order valence-electron chi connectivity index (χ0n) is 13.0. The molecule has 0 saturated heterocycles. The van der Waals surface area contributed by atoms with E-state index < -0.39 is 14.9 Å². The lowest BCUT2D eigenvalue weighted by atomic mass is 10.0. The van der Waals surface area contributed by atoms with E-state index in [1.54, 1.807) is 13.8 Å². The minimum Gasteiger partial charge on any atom is -0.285 e. The van der Waals surface area contributed by atoms with Gasteiger partial charge >= 0.3 is 0 Å². The van der Waals surface area contributed by atoms with Crippen LogP contribution in [0.15, 0.2) is 0 Å². The molecule has 3 nitrogen and oxygen atoms in total. The SMILES string of the molecule is CCCCCCCCCCCCC(C)(C)S(=O)(=O)O. The van der Waals surface area contributed by atoms with Crippen molar-refractivity contribution in [2.75, 3.05) is 0 Å². The predicted molar refractivity (Wildman–Crippen MR) is 82.1 cm³/mol. The summed E-state index contributed by atoms with van der Waals surface area (Å²) in [5.74, 6) is 0. The van der Waals surface area contributed by atoms with E-state index in [0.717, 1.165) is 12.8 Å². The molecule has 0 bridgehead atoms. The van der Waals surface area contributed by atoms with Gasteiger partial charge in [-0.25, -0.2) is 0 Å². The van der Waals surface area contributed by atoms with Gasteiger partial charge in [0, 0.05) is 0 Å². The second kappa shape index (κ2) is 9.76. The van der Waals surface area contributed by atoms with Gasteiger partial charge in [-0.05, 0) is 20.3 Å². The Labute approximate surface area is 119 Å². The van der Waals surface area contributed by atoms with Gasteiger partial charge in [-0.1, -0.05) is 71.1 Å². The number of unbranched alkanes of at least 4 members (excludes halogenated alkanes) is 9. The van der Waals surface area contributed by atoms with E-state index in [1.807, 2.05) is 0 Å². The van der Waals surface area contributed by atoms with Gasteiger partial charge in [-0.3, -0.25) is 4.55 Å². The molecule has 0 radical (unpaired) electrons. The standard InChI is InChI=1S/C15H32O3S/c1-4-5-6-7-8-9-10-11-12-13-14-15(2,3)19(16,17)18/h4-14H2,1-3H3,(H,16,17,18). The molecule has 0 rings (SSSR count). The fraction of sp³-hybridized carbons (Fsp3) is 1.00. The summed E-state index contributed by atoms with van der Waals surface area (Å²) >= 11 is 0. The molecule has 0 amide bonds. The summed E-state index contributed by atoms with van der Waals surface area (Å²) in [7, 11) is -3.91. The van der Waals surface area contributed by atoms with Crippen LogP contribution in [0.25, 0.3) is 0 Å². The molecule has 0 unspecified atom stereocenters. The maximum atomic E-state index is 11.1. The number of hydrogen-bond acceptors (Lipinski definition) is 2. The van der Waals surface area contributed by atoms with Crippen molar-refractivity contribution in [3.63, 3.8) is 0 Å². The van der Waals surface area contributed by atoms with Crippen LogP contribution in [0.2, 0.25) is 0 Å². The van der Waals surface area contributed by atoms with E-state index >= 15 is 0 Å². The Morgan fingerprint density at radius 3 is 1.53 bits per heavy atom. The van der Waals surface area contributed by atoms with Gasteiger partial charge in [0.2, 0.25) is 0 Å². The van der Waals surface area contributed by atoms with Crippen molar-refractivity contribution in [2.24, 2.45) is 0 Å². The third kappa shape index (κ3) is 9.44. The molecular formula is C15H32O3S. The first-order chi connectivity index (χ1) is 8.81. The molecule has 0 aliphatic carbocycles. The molecule has 19 heavy (non-hydrogen) atoms. The fourth-order valence-electron chi connectivity index (χ4n) is 2.17. The normalized spacial score (nSPS) is 12.8. The summed E-state index contributed by atoms with van der Waals surface area (Å²) in [6.07, 6.45) is 12.9. The Morgan fingerprint density at radius 2 is 1.16 bits per heavy atom. The van der Waals surface area contributed by atoms with Crippen LogP contribution < -0.4 is 0 Å². The molecule has 1 N–H and O–H groups in total. The van der Waals surface area contributed by atoms with Crippen molar-refractivity contribution >= 4 is 10.1 Å². The third-order valence-electron chi connectivity index (χ3n) is 3.83. The van der Waals surface area contributed by atoms with Crippen molar-refractivity contribution in [2.45, 2.75) is 96.1 Å². The highest BCUT2D eigenvalue weighted by Gasteiger charge is 2.31. The molecule has 0 atom stereocenters. The zero-order chi connectivity index (χ0) is 14.8. The average Bonchev–Trinajstić information content (AvgIpc) is 2.30. The van der Waals surface area contributed by atoms with Gasteiger partial charge in [0.05, 0.1) is 4.75 Å². The molecule has 4 heteroatoms. The summed E-state index contributed by atoms with van der Waals surface area (Å²) in [5.41, 5.74) is 0. The van der Waals surface area contributed by atoms with Crippen LogP contribution in [0.1, 0.15) is 91.4 Å². The van der Waals surface area contributed by atoms with Crippen molar-refractivity contribution in [1.82, 2.24) is 0 Å². The molecule has 0 aliphatic heterocycles. The van der Waals surface area contributed by atoms with Crippen LogP contribution in [0.4, 0.5) is 0 Å². The Kier molecular flexibility index (Phi) is 9.71. The van der Waals surface area contributed by atoms with Gasteiger partial charge in [-0.2, -0.15) is 8.42 Å². The highest BCUT2D eigenvalue weighted by Crippen LogP contribution is 2.23. The predicted octanol–water partition coefficient (Wildman–Crippen LogP) is 4.96. The zero-order valence-corrected chi connectivity index (χ0v) is 13.8. The van der Waals surface area contributed by atoms with Gasteiger partial charge in [0.15, 0.2) is 0 Å². The summed E-state index contributed by atoms with van der Waals surface area (Å²) in [6.45, 7) is 5.42. The van der Waals surface area contributed by atoms with Crippen molar-refractivity contribution in [1.29, 1.82) is 0 Å². The van der Waals surface area contributed by atoms with E-state index in [4.69, 9.17) is 4.55 Å². The van der Waals surface area contributed by atoms with Crippen LogP contribution in [-0.4, -0.2) is 17.7 Å². The first kappa shape index (κ1) is 18.9. The third-order valence-corrected chi connectivity index (χ3v) is 5.43. The molecule has 0 saturated carbocycles. The van der Waals surface area contributed by atoms with Gasteiger partial charge in [-0.15, -0.1) is 0 Å². The second-order valence-corrected chi connectivity index (χ2v) is 8.22. The van der Waals surface area contributed by atoms with Gasteiger partial charge < -0.3 is 0 Å². The molecule has 0 fully saturated rings. The van der Waals surface area contributed by atoms with Gasteiger partial charge in [0.25, 0.3) is 10.1 Å². The van der Waals surface area contributed by atoms with E-state index in [9.17, 15) is 8.42 Å². The maximum Gasteiger partial charge on any atom is 0.270 e. The number of hydrogen-bond donors (Lipinski definition) is 1. The first-order valence-electron chi connectivity index (χ1n) is 7.78. The average molecular weight is 292 g/mol. The summed E-state index contributed by atoms with van der Waals surface area (Å²) < 4.78 is 30.3. The minimum absolute atomic E-state index is 0.544. The quantitative estimate of drug-likeness (QED) is 0.408. The van der Waals surface area contributed by atoms with Crippen LogP contribution in [0.3, 0.4) is 0 Å². The Hall–Kier alpha value is -0.0900. The highest BCUT2D eigenvalue weighted by atomic mass is 32.2. The molecule has 0 aromatic heterocycles. The molecule has 0 aromatic rings. The van der Waals surface area contributed by atoms with Crippen LogP contribution >= 0.6 is 0 Å². The van der Waals surface area contributed by atoms with Crippen LogP contribution in [0.5, 0.6) is 0 Å². The van der Waals surface area contributed by atoms with Crippen molar-refractivity contribution in [3.05, 3.63) is 0 Å². The van der Waals surface area contributed by atoms with E-state index in [1.165, 1.54) is 51.4 Å². The molecule has 0 aliphatic rings. The summed E-state index contributed by atoms with van der Waals surface area (Å²) in [4.78, 5) is 0. The van der Waals surface area contributed by atoms with E-state index in [0.29, 0.717) is 6.42 Å². The maximum absolute atomic E-state index is 11.1. The minimum atomic E-state index is -3.91. The molecule has 0 heterocycles. The topological polar surface area (TPSA) is 54.4 Å².